The number of aromatic nitrogens is 3. The molecule has 2 aromatic heterocycles. The van der Waals surface area contributed by atoms with Crippen molar-refractivity contribution in [1.82, 2.24) is 35.8 Å². The van der Waals surface area contributed by atoms with Gasteiger partial charge in [0.1, 0.15) is 11.3 Å². The Labute approximate surface area is 539 Å². The zero-order valence-corrected chi connectivity index (χ0v) is 59.2. The fraction of sp³-hybridized carbons (Fsp3) is 0.773. The van der Waals surface area contributed by atoms with Gasteiger partial charge in [-0.05, 0) is 163 Å². The monoisotopic (exact) mass is 1240 g/mol. The smallest absolute Gasteiger partial charge is 0.330 e. The predicted octanol–water partition coefficient (Wildman–Crippen LogP) is 19.3. The highest BCUT2D eigenvalue weighted by molar-refractivity contribution is 7.53. The number of aryl methyl sites for hydroxylation is 1. The van der Waals surface area contributed by atoms with Gasteiger partial charge in [-0.2, -0.15) is 0 Å². The third-order valence-corrected chi connectivity index (χ3v) is 20.8. The van der Waals surface area contributed by atoms with Crippen molar-refractivity contribution in [3.8, 4) is 0 Å². The lowest BCUT2D eigenvalue weighted by atomic mass is 9.91. The number of carbonyl (C=O) groups is 1. The van der Waals surface area contributed by atoms with E-state index in [1.807, 2.05) is 42.5 Å². The molecule has 0 aliphatic heterocycles. The van der Waals surface area contributed by atoms with Crippen molar-refractivity contribution in [2.24, 2.45) is 41.4 Å². The molecule has 8 unspecified atom stereocenters. The maximum atomic E-state index is 14.4. The molecular weight excluding hydrogens is 1110 g/mol. The zero-order chi connectivity index (χ0) is 63.8. The highest BCUT2D eigenvalue weighted by Gasteiger charge is 2.28. The first kappa shape index (κ1) is 77.1. The number of pyridine rings is 1. The Morgan fingerprint density at radius 3 is 1.57 bits per heavy atom. The third kappa shape index (κ3) is 32.8. The maximum absolute atomic E-state index is 14.4. The summed E-state index contributed by atoms with van der Waals surface area (Å²) in [6.45, 7) is 33.1. The predicted molar refractivity (Wildman–Crippen MR) is 379 cm³/mol. The summed E-state index contributed by atoms with van der Waals surface area (Å²) in [7, 11) is -3.23. The van der Waals surface area contributed by atoms with Gasteiger partial charge in [-0.1, -0.05) is 228 Å². The number of carbonyl (C=O) groups excluding carboxylic acids is 1. The van der Waals surface area contributed by atoms with E-state index in [0.29, 0.717) is 49.1 Å². The quantitative estimate of drug-likeness (QED) is 0.0213. The minimum atomic E-state index is -3.23. The van der Waals surface area contributed by atoms with E-state index in [-0.39, 0.29) is 12.0 Å². The maximum Gasteiger partial charge on any atom is 0.330 e. The summed E-state index contributed by atoms with van der Waals surface area (Å²) in [5, 5.41) is 14.9. The molecule has 6 N–H and O–H groups in total. The molecule has 0 bridgehead atoms. The van der Waals surface area contributed by atoms with E-state index in [0.717, 1.165) is 173 Å². The summed E-state index contributed by atoms with van der Waals surface area (Å²) in [4.78, 5) is 22.7. The average Bonchev–Trinajstić information content (AvgIpc) is 2.28. The topological polar surface area (TPSA) is 157 Å². The Kier molecular flexibility index (Phi) is 40.1. The van der Waals surface area contributed by atoms with E-state index >= 15 is 0 Å². The SMILES string of the molecule is CCCCc1nc2c(N)nc3ccccc3c2n1Cc1ccc(C(=O)NCCCNCCCCNCCCNCCCP(=O)(OCCC(C)CCCC(C)CCCC(C)CCCC(C)C)OC(C)CCCC(C)CCCC(C)CCCC(C)CCC)cc1. The van der Waals surface area contributed by atoms with Gasteiger partial charge in [0.25, 0.3) is 5.91 Å². The number of nitrogen functional groups attached to an aromatic ring is 1. The molecule has 0 aliphatic rings. The molecule has 0 aliphatic carbocycles. The van der Waals surface area contributed by atoms with Crippen LogP contribution in [-0.4, -0.2) is 85.1 Å². The van der Waals surface area contributed by atoms with Crippen molar-refractivity contribution >= 4 is 41.3 Å². The second-order valence-electron chi connectivity index (χ2n) is 28.2. The van der Waals surface area contributed by atoms with Crippen LogP contribution in [0, 0.1) is 41.4 Å². The lowest BCUT2D eigenvalue weighted by Crippen LogP contribution is -2.28. The van der Waals surface area contributed by atoms with Crippen LogP contribution in [0.1, 0.15) is 278 Å². The Balaban J connectivity index is 1.06. The van der Waals surface area contributed by atoms with Crippen LogP contribution in [0.5, 0.6) is 0 Å². The number of unbranched alkanes of at least 4 members (excludes halogenated alkanes) is 2. The fourth-order valence-corrected chi connectivity index (χ4v) is 14.7. The molecule has 0 spiro atoms. The van der Waals surface area contributed by atoms with Crippen LogP contribution in [-0.2, 0) is 26.6 Å². The molecule has 4 aromatic rings. The molecule has 0 saturated carbocycles. The molecule has 4 rings (SSSR count). The summed E-state index contributed by atoms with van der Waals surface area (Å²) in [5.74, 6) is 6.86. The van der Waals surface area contributed by atoms with Gasteiger partial charge in [-0.25, -0.2) is 9.97 Å². The van der Waals surface area contributed by atoms with Crippen molar-refractivity contribution in [3.63, 3.8) is 0 Å². The summed E-state index contributed by atoms with van der Waals surface area (Å²) in [5.41, 5.74) is 10.8. The van der Waals surface area contributed by atoms with E-state index in [1.165, 1.54) is 116 Å². The lowest BCUT2D eigenvalue weighted by molar-refractivity contribution is 0.0953. The fourth-order valence-electron chi connectivity index (χ4n) is 12.8. The lowest BCUT2D eigenvalue weighted by Gasteiger charge is -2.24. The highest BCUT2D eigenvalue weighted by atomic mass is 31.2. The summed E-state index contributed by atoms with van der Waals surface area (Å²) in [6, 6.07) is 16.0. The molecule has 0 fully saturated rings. The first-order valence-corrected chi connectivity index (χ1v) is 38.2. The van der Waals surface area contributed by atoms with Crippen LogP contribution in [0.2, 0.25) is 0 Å². The van der Waals surface area contributed by atoms with Crippen molar-refractivity contribution < 1.29 is 18.4 Å². The van der Waals surface area contributed by atoms with Gasteiger partial charge in [-0.3, -0.25) is 9.36 Å². The van der Waals surface area contributed by atoms with Gasteiger partial charge in [0.05, 0.1) is 29.9 Å². The molecule has 2 aromatic carbocycles. The minimum Gasteiger partial charge on any atom is -0.382 e. The molecule has 502 valence electrons. The molecule has 8 atom stereocenters. The number of rotatable bonds is 55. The highest BCUT2D eigenvalue weighted by Crippen LogP contribution is 2.50. The first-order valence-electron chi connectivity index (χ1n) is 36.4. The molecule has 13 heteroatoms. The standard InChI is InChI=1S/C75H133N8O4P/c1-12-14-43-71-82-72-73(69-41-15-16-42-70(69)81-74(72)76)83(71)58-67-44-46-68(47-45-67)75(84)80-55-26-53-78-50-18-17-49-77-51-25-52-79-54-27-57-88(85,86-56-48-65(10)38-23-37-63(8)34-21-33-61(6)30-19-29-59(3)4)87-66(11)40-24-39-64(9)36-22-35-62(7)32-20-31-60(5)28-13-2/h15-16,41-42,44-47,59-66,77-79H,12-14,17-40,43,48-58H2,1-11H3,(H2,76,81)(H,80,84). The second kappa shape index (κ2) is 45.8. The number of nitrogens with one attached hydrogen (secondary N) is 4. The summed E-state index contributed by atoms with van der Waals surface area (Å²) in [6.07, 6.45) is 35.3. The number of hydrogen-bond acceptors (Lipinski definition) is 10. The average molecular weight is 1240 g/mol. The van der Waals surface area contributed by atoms with Gasteiger partial charge < -0.3 is 40.6 Å². The molecule has 12 nitrogen and oxygen atoms in total. The van der Waals surface area contributed by atoms with Crippen molar-refractivity contribution in [1.29, 1.82) is 0 Å². The van der Waals surface area contributed by atoms with Gasteiger partial charge in [0.2, 0.25) is 0 Å². The zero-order valence-electron chi connectivity index (χ0n) is 58.3. The summed E-state index contributed by atoms with van der Waals surface area (Å²) >= 11 is 0. The van der Waals surface area contributed by atoms with E-state index in [1.54, 1.807) is 0 Å². The summed E-state index contributed by atoms with van der Waals surface area (Å²) < 4.78 is 29.5. The van der Waals surface area contributed by atoms with E-state index in [9.17, 15) is 9.36 Å². The Bertz CT molecular complexity index is 2470. The Morgan fingerprint density at radius 2 is 1.02 bits per heavy atom. The van der Waals surface area contributed by atoms with Crippen molar-refractivity contribution in [3.05, 3.63) is 65.5 Å². The Morgan fingerprint density at radius 1 is 0.534 bits per heavy atom. The molecule has 88 heavy (non-hydrogen) atoms. The first-order chi connectivity index (χ1) is 42.5. The van der Waals surface area contributed by atoms with Gasteiger partial charge in [0.15, 0.2) is 5.82 Å². The van der Waals surface area contributed by atoms with Gasteiger partial charge in [0, 0.05) is 30.5 Å². The third-order valence-electron chi connectivity index (χ3n) is 18.6. The number of nitrogens with zero attached hydrogens (tertiary/aromatic N) is 3. The van der Waals surface area contributed by atoms with Crippen LogP contribution in [0.3, 0.4) is 0 Å². The van der Waals surface area contributed by atoms with Crippen LogP contribution < -0.4 is 27.0 Å². The normalized spacial score (nSPS) is 15.2. The molecule has 2 heterocycles. The van der Waals surface area contributed by atoms with E-state index < -0.39 is 7.60 Å². The molecule has 0 saturated heterocycles. The molecule has 0 radical (unpaired) electrons. The molecule has 1 amide bonds. The van der Waals surface area contributed by atoms with Crippen molar-refractivity contribution in [2.75, 3.05) is 64.3 Å². The number of imidazole rings is 1. The molecular formula is C75H133N8O4P. The van der Waals surface area contributed by atoms with Crippen LogP contribution in [0.15, 0.2) is 48.5 Å². The number of para-hydroxylation sites is 1. The van der Waals surface area contributed by atoms with Gasteiger partial charge in [-0.15, -0.1) is 0 Å². The Hall–Kier alpha value is -3.38. The van der Waals surface area contributed by atoms with Crippen molar-refractivity contribution in [2.45, 2.75) is 275 Å². The van der Waals surface area contributed by atoms with Crippen LogP contribution in [0.25, 0.3) is 21.9 Å². The van der Waals surface area contributed by atoms with Crippen LogP contribution in [0.4, 0.5) is 5.82 Å². The van der Waals surface area contributed by atoms with Gasteiger partial charge >= 0.3 is 7.60 Å². The largest absolute Gasteiger partial charge is 0.382 e. The minimum absolute atomic E-state index is 0.0471. The number of anilines is 1. The van der Waals surface area contributed by atoms with Crippen LogP contribution >= 0.6 is 7.60 Å². The number of fused-ring (bicyclic) bond motifs is 3. The number of amides is 1. The number of nitrogens with two attached hydrogens (primary N) is 1. The second-order valence-corrected chi connectivity index (χ2v) is 30.3. The van der Waals surface area contributed by atoms with E-state index in [2.05, 4.69) is 113 Å². The number of hydrogen-bond donors (Lipinski definition) is 5. The number of benzene rings is 2. The van der Waals surface area contributed by atoms with E-state index in [4.69, 9.17) is 19.8 Å².